The lowest BCUT2D eigenvalue weighted by molar-refractivity contribution is -0.132. The van der Waals surface area contributed by atoms with Gasteiger partial charge in [0.15, 0.2) is 0 Å². The zero-order valence-corrected chi connectivity index (χ0v) is 15.8. The molecule has 1 heterocycles. The number of rotatable bonds is 8. The first kappa shape index (κ1) is 19.6. The number of ether oxygens (including phenoxy) is 2. The molecule has 1 N–H and O–H groups in total. The first-order chi connectivity index (χ1) is 12.5. The SMILES string of the molecule is CNC(=O)CN(C)C(=O)CSc1nnc(-c2ccc(OC)cc2OC)o1. The number of nitrogens with zero attached hydrogens (tertiary/aromatic N) is 3. The standard InChI is InChI=1S/C16H20N4O5S/c1-17-13(21)8-20(2)14(22)9-26-16-19-18-15(25-16)11-6-5-10(23-3)7-12(11)24-4/h5-7H,8-9H2,1-4H3,(H,17,21). The van der Waals surface area contributed by atoms with E-state index >= 15 is 0 Å². The fourth-order valence-corrected chi connectivity index (χ4v) is 2.67. The highest BCUT2D eigenvalue weighted by Gasteiger charge is 2.17. The molecule has 0 saturated heterocycles. The van der Waals surface area contributed by atoms with E-state index < -0.39 is 0 Å². The molecule has 26 heavy (non-hydrogen) atoms. The van der Waals surface area contributed by atoms with Crippen LogP contribution in [0.1, 0.15) is 0 Å². The number of hydrogen-bond acceptors (Lipinski definition) is 8. The van der Waals surface area contributed by atoms with Crippen molar-refractivity contribution in [3.05, 3.63) is 18.2 Å². The molecule has 9 nitrogen and oxygen atoms in total. The van der Waals surface area contributed by atoms with E-state index in [2.05, 4.69) is 15.5 Å². The van der Waals surface area contributed by atoms with Crippen LogP contribution in [0.3, 0.4) is 0 Å². The summed E-state index contributed by atoms with van der Waals surface area (Å²) in [5.41, 5.74) is 0.621. The van der Waals surface area contributed by atoms with Crippen molar-refractivity contribution in [1.29, 1.82) is 0 Å². The highest BCUT2D eigenvalue weighted by molar-refractivity contribution is 7.99. The lowest BCUT2D eigenvalue weighted by Crippen LogP contribution is -2.37. The van der Waals surface area contributed by atoms with Gasteiger partial charge in [0.25, 0.3) is 11.1 Å². The molecule has 0 aliphatic heterocycles. The summed E-state index contributed by atoms with van der Waals surface area (Å²) in [4.78, 5) is 24.6. The summed E-state index contributed by atoms with van der Waals surface area (Å²) >= 11 is 1.10. The number of likely N-dealkylation sites (N-methyl/N-ethyl adjacent to an activating group) is 2. The Bertz CT molecular complexity index is 780. The van der Waals surface area contributed by atoms with E-state index in [9.17, 15) is 9.59 Å². The summed E-state index contributed by atoms with van der Waals surface area (Å²) in [7, 11) is 6.17. The van der Waals surface area contributed by atoms with Crippen LogP contribution in [0.5, 0.6) is 11.5 Å². The number of amides is 2. The minimum absolute atomic E-state index is 0.00593. The molecule has 0 saturated carbocycles. The zero-order valence-electron chi connectivity index (χ0n) is 14.9. The van der Waals surface area contributed by atoms with Gasteiger partial charge in [-0.05, 0) is 12.1 Å². The third-order valence-corrected chi connectivity index (χ3v) is 4.25. The quantitative estimate of drug-likeness (QED) is 0.677. The maximum absolute atomic E-state index is 12.0. The number of methoxy groups -OCH3 is 2. The lowest BCUT2D eigenvalue weighted by Gasteiger charge is -2.14. The molecule has 0 bridgehead atoms. The summed E-state index contributed by atoms with van der Waals surface area (Å²) < 4.78 is 16.1. The van der Waals surface area contributed by atoms with E-state index in [0.29, 0.717) is 17.1 Å². The topological polar surface area (TPSA) is 107 Å². The monoisotopic (exact) mass is 380 g/mol. The first-order valence-corrected chi connectivity index (χ1v) is 8.60. The summed E-state index contributed by atoms with van der Waals surface area (Å²) in [5, 5.41) is 10.6. The van der Waals surface area contributed by atoms with E-state index in [4.69, 9.17) is 13.9 Å². The lowest BCUT2D eigenvalue weighted by atomic mass is 10.2. The Morgan fingerprint density at radius 3 is 2.69 bits per heavy atom. The van der Waals surface area contributed by atoms with E-state index in [1.54, 1.807) is 32.4 Å². The molecule has 10 heteroatoms. The number of thioether (sulfide) groups is 1. The highest BCUT2D eigenvalue weighted by atomic mass is 32.2. The molecule has 0 aliphatic rings. The third-order valence-electron chi connectivity index (χ3n) is 3.45. The summed E-state index contributed by atoms with van der Waals surface area (Å²) in [5.74, 6) is 1.07. The van der Waals surface area contributed by atoms with Crippen LogP contribution >= 0.6 is 11.8 Å². The van der Waals surface area contributed by atoms with Crippen LogP contribution in [0.2, 0.25) is 0 Å². The number of nitrogens with one attached hydrogen (secondary N) is 1. The summed E-state index contributed by atoms with van der Waals surface area (Å²) in [6.07, 6.45) is 0. The molecule has 2 aromatic rings. The fourth-order valence-electron chi connectivity index (χ4n) is 1.97. The van der Waals surface area contributed by atoms with Gasteiger partial charge in [0, 0.05) is 20.2 Å². The van der Waals surface area contributed by atoms with E-state index in [-0.39, 0.29) is 35.2 Å². The summed E-state index contributed by atoms with van der Waals surface area (Å²) in [6.45, 7) is -0.00593. The molecule has 140 valence electrons. The van der Waals surface area contributed by atoms with Gasteiger partial charge in [0.2, 0.25) is 11.8 Å². The maximum Gasteiger partial charge on any atom is 0.277 e. The largest absolute Gasteiger partial charge is 0.497 e. The van der Waals surface area contributed by atoms with Crippen molar-refractivity contribution in [3.8, 4) is 23.0 Å². The van der Waals surface area contributed by atoms with Crippen LogP contribution in [-0.4, -0.2) is 67.5 Å². The minimum Gasteiger partial charge on any atom is -0.497 e. The second-order valence-corrected chi connectivity index (χ2v) is 6.08. The van der Waals surface area contributed by atoms with Gasteiger partial charge in [-0.1, -0.05) is 11.8 Å². The average Bonchev–Trinajstić information content (AvgIpc) is 3.13. The Morgan fingerprint density at radius 1 is 1.27 bits per heavy atom. The molecule has 0 radical (unpaired) electrons. The van der Waals surface area contributed by atoms with Crippen LogP contribution in [0, 0.1) is 0 Å². The van der Waals surface area contributed by atoms with Crippen molar-refractivity contribution < 1.29 is 23.5 Å². The van der Waals surface area contributed by atoms with Crippen molar-refractivity contribution in [2.45, 2.75) is 5.22 Å². The minimum atomic E-state index is -0.238. The van der Waals surface area contributed by atoms with Crippen molar-refractivity contribution in [2.24, 2.45) is 0 Å². The first-order valence-electron chi connectivity index (χ1n) is 7.61. The number of hydrogen-bond donors (Lipinski definition) is 1. The molecule has 0 spiro atoms. The molecule has 1 aromatic heterocycles. The van der Waals surface area contributed by atoms with Crippen LogP contribution < -0.4 is 14.8 Å². The third kappa shape index (κ3) is 4.88. The molecule has 2 amide bonds. The van der Waals surface area contributed by atoms with Gasteiger partial charge in [0.05, 0.1) is 32.1 Å². The van der Waals surface area contributed by atoms with Crippen molar-refractivity contribution >= 4 is 23.6 Å². The molecular formula is C16H20N4O5S. The normalized spacial score (nSPS) is 10.3. The van der Waals surface area contributed by atoms with Crippen LogP contribution in [0.25, 0.3) is 11.5 Å². The van der Waals surface area contributed by atoms with E-state index in [0.717, 1.165) is 11.8 Å². The Hall–Kier alpha value is -2.75. The average molecular weight is 380 g/mol. The number of aromatic nitrogens is 2. The van der Waals surface area contributed by atoms with Gasteiger partial charge in [-0.2, -0.15) is 0 Å². The fraction of sp³-hybridized carbons (Fsp3) is 0.375. The second-order valence-electron chi connectivity index (χ2n) is 5.15. The molecule has 0 aliphatic carbocycles. The van der Waals surface area contributed by atoms with E-state index in [1.165, 1.54) is 19.1 Å². The van der Waals surface area contributed by atoms with Gasteiger partial charge in [0.1, 0.15) is 11.5 Å². The van der Waals surface area contributed by atoms with E-state index in [1.807, 2.05) is 0 Å². The maximum atomic E-state index is 12.0. The zero-order chi connectivity index (χ0) is 19.1. The molecule has 0 unspecified atom stereocenters. The van der Waals surface area contributed by atoms with Crippen molar-refractivity contribution in [1.82, 2.24) is 20.4 Å². The van der Waals surface area contributed by atoms with Gasteiger partial charge in [-0.3, -0.25) is 9.59 Å². The van der Waals surface area contributed by atoms with Gasteiger partial charge < -0.3 is 24.1 Å². The molecule has 1 aromatic carbocycles. The molecule has 2 rings (SSSR count). The summed E-state index contributed by atoms with van der Waals surface area (Å²) in [6, 6.07) is 5.22. The van der Waals surface area contributed by atoms with Gasteiger partial charge in [-0.25, -0.2) is 0 Å². The highest BCUT2D eigenvalue weighted by Crippen LogP contribution is 2.33. The molecule has 0 atom stereocenters. The van der Waals surface area contributed by atoms with Gasteiger partial charge in [-0.15, -0.1) is 10.2 Å². The van der Waals surface area contributed by atoms with Crippen molar-refractivity contribution in [3.63, 3.8) is 0 Å². The van der Waals surface area contributed by atoms with Crippen LogP contribution in [-0.2, 0) is 9.59 Å². The Morgan fingerprint density at radius 2 is 2.04 bits per heavy atom. The number of benzene rings is 1. The second kappa shape index (κ2) is 9.09. The number of carbonyl (C=O) groups is 2. The predicted molar refractivity (Wildman–Crippen MR) is 95.3 cm³/mol. The smallest absolute Gasteiger partial charge is 0.277 e. The number of carbonyl (C=O) groups excluding carboxylic acids is 2. The van der Waals surface area contributed by atoms with Crippen LogP contribution in [0.15, 0.2) is 27.8 Å². The van der Waals surface area contributed by atoms with Crippen molar-refractivity contribution in [2.75, 3.05) is 40.6 Å². The Kier molecular flexibility index (Phi) is 6.84. The molecular weight excluding hydrogens is 360 g/mol. The Labute approximate surface area is 155 Å². The van der Waals surface area contributed by atoms with Crippen LogP contribution in [0.4, 0.5) is 0 Å². The predicted octanol–water partition coefficient (Wildman–Crippen LogP) is 1.05. The van der Waals surface area contributed by atoms with Gasteiger partial charge >= 0.3 is 0 Å². The molecule has 0 fully saturated rings. The Balaban J connectivity index is 2.02.